The van der Waals surface area contributed by atoms with Crippen LogP contribution in [0, 0.1) is 0 Å². The second-order valence-electron chi connectivity index (χ2n) is 5.38. The number of alkyl halides is 3. The highest BCUT2D eigenvalue weighted by molar-refractivity contribution is 5.76. The molecule has 0 radical (unpaired) electrons. The Morgan fingerprint density at radius 2 is 2.18 bits per heavy atom. The normalized spacial score (nSPS) is 19.4. The average molecular weight is 319 g/mol. The summed E-state index contributed by atoms with van der Waals surface area (Å²) in [7, 11) is 0. The molecule has 1 aromatic heterocycles. The van der Waals surface area contributed by atoms with E-state index in [1.54, 1.807) is 15.8 Å². The molecule has 0 saturated carbocycles. The predicted molar refractivity (Wildman–Crippen MR) is 73.1 cm³/mol. The molecule has 0 aliphatic carbocycles. The number of carbonyl (C=O) groups is 1. The van der Waals surface area contributed by atoms with Crippen LogP contribution < -0.4 is 0 Å². The smallest absolute Gasteiger partial charge is 0.372 e. The molecule has 1 amide bonds. The lowest BCUT2D eigenvalue weighted by atomic mass is 10.0. The fraction of sp³-hybridized carbons (Fsp3) is 0.714. The molecule has 8 heteroatoms. The number of rotatable bonds is 6. The number of halogens is 3. The minimum atomic E-state index is -4.35. The molecule has 0 bridgehead atoms. The maximum Gasteiger partial charge on any atom is 0.411 e. The van der Waals surface area contributed by atoms with E-state index in [1.807, 2.05) is 12.3 Å². The summed E-state index contributed by atoms with van der Waals surface area (Å²) in [6.07, 6.45) is 1.99. The van der Waals surface area contributed by atoms with Crippen molar-refractivity contribution in [2.24, 2.45) is 0 Å². The van der Waals surface area contributed by atoms with Crippen LogP contribution in [0.15, 0.2) is 18.5 Å². The molecule has 124 valence electrons. The molecule has 0 spiro atoms. The molecule has 0 aromatic carbocycles. The molecule has 1 atom stereocenters. The van der Waals surface area contributed by atoms with Crippen LogP contribution in [0.25, 0.3) is 0 Å². The van der Waals surface area contributed by atoms with E-state index in [0.717, 1.165) is 19.3 Å². The van der Waals surface area contributed by atoms with Crippen LogP contribution in [-0.4, -0.2) is 52.6 Å². The zero-order chi connectivity index (χ0) is 16.0. The first-order valence-electron chi connectivity index (χ1n) is 7.37. The van der Waals surface area contributed by atoms with E-state index in [2.05, 4.69) is 9.84 Å². The Kier molecular flexibility index (Phi) is 5.82. The van der Waals surface area contributed by atoms with Gasteiger partial charge in [-0.2, -0.15) is 18.3 Å². The summed E-state index contributed by atoms with van der Waals surface area (Å²) < 4.78 is 42.2. The van der Waals surface area contributed by atoms with Crippen molar-refractivity contribution in [2.75, 3.05) is 19.8 Å². The van der Waals surface area contributed by atoms with Crippen molar-refractivity contribution in [1.29, 1.82) is 0 Å². The summed E-state index contributed by atoms with van der Waals surface area (Å²) in [5.41, 5.74) is 0. The fourth-order valence-electron chi connectivity index (χ4n) is 2.63. The Hall–Kier alpha value is -1.57. The third-order valence-corrected chi connectivity index (χ3v) is 3.63. The van der Waals surface area contributed by atoms with Crippen molar-refractivity contribution in [3.05, 3.63) is 18.5 Å². The van der Waals surface area contributed by atoms with E-state index in [9.17, 15) is 18.0 Å². The number of carbonyl (C=O) groups excluding carboxylic acids is 1. The first-order chi connectivity index (χ1) is 10.5. The van der Waals surface area contributed by atoms with Gasteiger partial charge in [0, 0.05) is 18.9 Å². The van der Waals surface area contributed by atoms with E-state index >= 15 is 0 Å². The van der Waals surface area contributed by atoms with Gasteiger partial charge in [0.05, 0.1) is 25.6 Å². The summed E-state index contributed by atoms with van der Waals surface area (Å²) in [4.78, 5) is 13.9. The number of likely N-dealkylation sites (tertiary alicyclic amines) is 1. The molecule has 1 fully saturated rings. The second-order valence-corrected chi connectivity index (χ2v) is 5.38. The Morgan fingerprint density at radius 3 is 2.86 bits per heavy atom. The average Bonchev–Trinajstić information content (AvgIpc) is 2.96. The van der Waals surface area contributed by atoms with Gasteiger partial charge in [-0.3, -0.25) is 9.48 Å². The van der Waals surface area contributed by atoms with E-state index in [4.69, 9.17) is 0 Å². The first-order valence-corrected chi connectivity index (χ1v) is 7.37. The SMILES string of the molecule is O=C(CCOCC(F)(F)F)N1CCCCC1Cn1cccn1. The maximum absolute atomic E-state index is 12.2. The number of nitrogens with zero attached hydrogens (tertiary/aromatic N) is 3. The minimum absolute atomic E-state index is 0.0221. The third-order valence-electron chi connectivity index (χ3n) is 3.63. The van der Waals surface area contributed by atoms with E-state index in [-0.39, 0.29) is 25.0 Å². The van der Waals surface area contributed by atoms with Crippen molar-refractivity contribution < 1.29 is 22.7 Å². The number of hydrogen-bond acceptors (Lipinski definition) is 3. The van der Waals surface area contributed by atoms with Gasteiger partial charge in [-0.15, -0.1) is 0 Å². The Balaban J connectivity index is 1.80. The zero-order valence-electron chi connectivity index (χ0n) is 12.3. The molecule has 2 heterocycles. The van der Waals surface area contributed by atoms with Gasteiger partial charge in [0.1, 0.15) is 6.61 Å². The van der Waals surface area contributed by atoms with Crippen LogP contribution in [0.5, 0.6) is 0 Å². The fourth-order valence-corrected chi connectivity index (χ4v) is 2.63. The number of amides is 1. The highest BCUT2D eigenvalue weighted by Crippen LogP contribution is 2.20. The standard InChI is InChI=1S/C14H20F3N3O2/c15-14(16,17)11-22-9-5-13(21)20-8-2-1-4-12(20)10-19-7-3-6-18-19/h3,6-7,12H,1-2,4-5,8-11H2. The lowest BCUT2D eigenvalue weighted by Crippen LogP contribution is -2.46. The molecule has 1 aliphatic heterocycles. The highest BCUT2D eigenvalue weighted by atomic mass is 19.4. The number of ether oxygens (including phenoxy) is 1. The molecule has 1 unspecified atom stereocenters. The van der Waals surface area contributed by atoms with Gasteiger partial charge in [-0.25, -0.2) is 0 Å². The zero-order valence-corrected chi connectivity index (χ0v) is 12.3. The molecule has 0 N–H and O–H groups in total. The summed E-state index contributed by atoms with van der Waals surface area (Å²) in [5.74, 6) is -0.154. The molecule has 2 rings (SSSR count). The van der Waals surface area contributed by atoms with Crippen molar-refractivity contribution in [2.45, 2.75) is 44.4 Å². The lowest BCUT2D eigenvalue weighted by Gasteiger charge is -2.35. The van der Waals surface area contributed by atoms with Gasteiger partial charge in [0.15, 0.2) is 0 Å². The topological polar surface area (TPSA) is 47.4 Å². The maximum atomic E-state index is 12.2. The quantitative estimate of drug-likeness (QED) is 0.756. The van der Waals surface area contributed by atoms with Crippen molar-refractivity contribution in [3.8, 4) is 0 Å². The molecule has 1 aliphatic rings. The van der Waals surface area contributed by atoms with Crippen LogP contribution >= 0.6 is 0 Å². The number of piperidine rings is 1. The Morgan fingerprint density at radius 1 is 1.36 bits per heavy atom. The molecule has 1 saturated heterocycles. The van der Waals surface area contributed by atoms with Gasteiger partial charge < -0.3 is 9.64 Å². The van der Waals surface area contributed by atoms with Gasteiger partial charge in [-0.05, 0) is 25.3 Å². The van der Waals surface area contributed by atoms with Crippen LogP contribution in [-0.2, 0) is 16.1 Å². The largest absolute Gasteiger partial charge is 0.411 e. The van der Waals surface area contributed by atoms with E-state index < -0.39 is 12.8 Å². The first kappa shape index (κ1) is 16.8. The van der Waals surface area contributed by atoms with Crippen LogP contribution in [0.1, 0.15) is 25.7 Å². The minimum Gasteiger partial charge on any atom is -0.372 e. The molecular weight excluding hydrogens is 299 g/mol. The van der Waals surface area contributed by atoms with Gasteiger partial charge in [0.25, 0.3) is 0 Å². The highest BCUT2D eigenvalue weighted by Gasteiger charge is 2.29. The Labute approximate surface area is 127 Å². The number of aromatic nitrogens is 2. The van der Waals surface area contributed by atoms with E-state index in [0.29, 0.717) is 13.1 Å². The van der Waals surface area contributed by atoms with Crippen LogP contribution in [0.3, 0.4) is 0 Å². The Bertz CT molecular complexity index is 462. The summed E-state index contributed by atoms with van der Waals surface area (Å²) in [6.45, 7) is -0.257. The monoisotopic (exact) mass is 319 g/mol. The van der Waals surface area contributed by atoms with Gasteiger partial charge in [-0.1, -0.05) is 0 Å². The van der Waals surface area contributed by atoms with Crippen molar-refractivity contribution in [3.63, 3.8) is 0 Å². The molecule has 22 heavy (non-hydrogen) atoms. The van der Waals surface area contributed by atoms with Gasteiger partial charge >= 0.3 is 6.18 Å². The van der Waals surface area contributed by atoms with E-state index in [1.165, 1.54) is 0 Å². The number of hydrogen-bond donors (Lipinski definition) is 0. The van der Waals surface area contributed by atoms with Crippen molar-refractivity contribution >= 4 is 5.91 Å². The molecule has 1 aromatic rings. The second kappa shape index (κ2) is 7.62. The summed E-state index contributed by atoms with van der Waals surface area (Å²) in [6, 6.07) is 1.86. The van der Waals surface area contributed by atoms with Gasteiger partial charge in [0.2, 0.25) is 5.91 Å². The third kappa shape index (κ3) is 5.32. The molecule has 5 nitrogen and oxygen atoms in total. The lowest BCUT2D eigenvalue weighted by molar-refractivity contribution is -0.175. The van der Waals surface area contributed by atoms with Crippen molar-refractivity contribution in [1.82, 2.24) is 14.7 Å². The van der Waals surface area contributed by atoms with Crippen LogP contribution in [0.2, 0.25) is 0 Å². The summed E-state index contributed by atoms with van der Waals surface area (Å²) in [5, 5.41) is 4.14. The molecular formula is C14H20F3N3O2. The predicted octanol–water partition coefficient (Wildman–Crippen LogP) is 2.23. The van der Waals surface area contributed by atoms with Crippen LogP contribution in [0.4, 0.5) is 13.2 Å². The summed E-state index contributed by atoms with van der Waals surface area (Å²) >= 11 is 0.